The number of rotatable bonds is 2. The van der Waals surface area contributed by atoms with Crippen LogP contribution in [0.15, 0.2) is 0 Å². The summed E-state index contributed by atoms with van der Waals surface area (Å²) in [5.41, 5.74) is -0.709. The normalized spacial score (nSPS) is 33.9. The highest BCUT2D eigenvalue weighted by Crippen LogP contribution is 2.46. The maximum Gasteiger partial charge on any atom is 0.243 e. The van der Waals surface area contributed by atoms with E-state index in [1.165, 1.54) is 0 Å². The Bertz CT molecular complexity index is 334. The third-order valence-corrected chi connectivity index (χ3v) is 4.08. The first kappa shape index (κ1) is 12.4. The van der Waals surface area contributed by atoms with Crippen LogP contribution < -0.4 is 0 Å². The lowest BCUT2D eigenvalue weighted by atomic mass is 9.62. The van der Waals surface area contributed by atoms with Crippen molar-refractivity contribution in [3.05, 3.63) is 0 Å². The van der Waals surface area contributed by atoms with Crippen LogP contribution >= 0.6 is 0 Å². The molecule has 94 valence electrons. The first-order chi connectivity index (χ1) is 8.11. The number of carbonyl (C=O) groups excluding carboxylic acids is 1. The highest BCUT2D eigenvalue weighted by atomic mass is 16.5. The van der Waals surface area contributed by atoms with Gasteiger partial charge in [-0.3, -0.25) is 4.79 Å². The molecule has 0 aromatic heterocycles. The number of carbonyl (C=O) groups is 1. The molecule has 0 N–H and O–H groups in total. The van der Waals surface area contributed by atoms with Gasteiger partial charge in [0.1, 0.15) is 5.41 Å². The van der Waals surface area contributed by atoms with Crippen molar-refractivity contribution in [3.63, 3.8) is 0 Å². The number of likely N-dealkylation sites (tertiary alicyclic amines) is 1. The van der Waals surface area contributed by atoms with Crippen LogP contribution in [0, 0.1) is 22.7 Å². The number of piperidine rings is 1. The molecule has 2 aliphatic rings. The molecule has 1 amide bonds. The molecule has 0 unspecified atom stereocenters. The van der Waals surface area contributed by atoms with Gasteiger partial charge in [0.15, 0.2) is 0 Å². The number of nitrogens with zero attached hydrogens (tertiary/aromatic N) is 2. The molecule has 1 aliphatic carbocycles. The van der Waals surface area contributed by atoms with Crippen molar-refractivity contribution in [2.75, 3.05) is 20.2 Å². The fourth-order valence-electron chi connectivity index (χ4n) is 3.04. The van der Waals surface area contributed by atoms with Crippen LogP contribution in [0.1, 0.15) is 32.6 Å². The molecular formula is C13H20N2O2. The number of nitriles is 1. The van der Waals surface area contributed by atoms with Crippen LogP contribution in [0.4, 0.5) is 0 Å². The minimum absolute atomic E-state index is 0.0488. The SMILES string of the molecule is COC1CCN(C(=O)C2(C#N)CC(C)C2)CC1. The molecule has 0 aromatic rings. The summed E-state index contributed by atoms with van der Waals surface area (Å²) < 4.78 is 5.29. The highest BCUT2D eigenvalue weighted by molar-refractivity contribution is 5.86. The van der Waals surface area contributed by atoms with E-state index in [1.807, 2.05) is 4.90 Å². The fourth-order valence-corrected chi connectivity index (χ4v) is 3.04. The van der Waals surface area contributed by atoms with Gasteiger partial charge in [0.2, 0.25) is 5.91 Å². The summed E-state index contributed by atoms with van der Waals surface area (Å²) in [6.07, 6.45) is 3.51. The lowest BCUT2D eigenvalue weighted by Crippen LogP contribution is -2.52. The van der Waals surface area contributed by atoms with E-state index in [2.05, 4.69) is 13.0 Å². The van der Waals surface area contributed by atoms with E-state index >= 15 is 0 Å². The average Bonchev–Trinajstić information content (AvgIpc) is 2.34. The molecule has 1 saturated heterocycles. The summed E-state index contributed by atoms with van der Waals surface area (Å²) in [4.78, 5) is 14.2. The second kappa shape index (κ2) is 4.66. The van der Waals surface area contributed by atoms with Gasteiger partial charge in [0.05, 0.1) is 12.2 Å². The molecule has 0 aromatic carbocycles. The van der Waals surface area contributed by atoms with Gasteiger partial charge in [-0.05, 0) is 31.6 Å². The van der Waals surface area contributed by atoms with Gasteiger partial charge in [-0.15, -0.1) is 0 Å². The second-order valence-corrected chi connectivity index (χ2v) is 5.43. The molecule has 1 saturated carbocycles. The van der Waals surface area contributed by atoms with Crippen molar-refractivity contribution in [3.8, 4) is 6.07 Å². The Kier molecular flexibility index (Phi) is 3.39. The standard InChI is InChI=1S/C13H20N2O2/c1-10-7-13(8-10,9-14)12(16)15-5-3-11(17-2)4-6-15/h10-11H,3-8H2,1-2H3. The first-order valence-corrected chi connectivity index (χ1v) is 6.35. The summed E-state index contributed by atoms with van der Waals surface area (Å²) >= 11 is 0. The van der Waals surface area contributed by atoms with Crippen LogP contribution in [-0.4, -0.2) is 37.1 Å². The van der Waals surface area contributed by atoms with E-state index in [0.29, 0.717) is 5.92 Å². The third kappa shape index (κ3) is 2.16. The van der Waals surface area contributed by atoms with Crippen molar-refractivity contribution in [2.24, 2.45) is 11.3 Å². The van der Waals surface area contributed by atoms with Gasteiger partial charge in [-0.1, -0.05) is 6.92 Å². The number of amides is 1. The zero-order valence-corrected chi connectivity index (χ0v) is 10.6. The van der Waals surface area contributed by atoms with Crippen LogP contribution in [0.25, 0.3) is 0 Å². The van der Waals surface area contributed by atoms with Crippen LogP contribution in [-0.2, 0) is 9.53 Å². The summed E-state index contributed by atoms with van der Waals surface area (Å²) in [6, 6.07) is 2.25. The molecule has 0 atom stereocenters. The third-order valence-electron chi connectivity index (χ3n) is 4.08. The molecular weight excluding hydrogens is 216 g/mol. The quantitative estimate of drug-likeness (QED) is 0.731. The number of methoxy groups -OCH3 is 1. The molecule has 4 nitrogen and oxygen atoms in total. The van der Waals surface area contributed by atoms with Crippen molar-refractivity contribution < 1.29 is 9.53 Å². The van der Waals surface area contributed by atoms with E-state index in [4.69, 9.17) is 4.74 Å². The lowest BCUT2D eigenvalue weighted by molar-refractivity contribution is -0.147. The minimum atomic E-state index is -0.709. The minimum Gasteiger partial charge on any atom is -0.381 e. The topological polar surface area (TPSA) is 53.3 Å². The van der Waals surface area contributed by atoms with Crippen molar-refractivity contribution in [1.29, 1.82) is 5.26 Å². The van der Waals surface area contributed by atoms with Crippen molar-refractivity contribution in [1.82, 2.24) is 4.90 Å². The maximum atomic E-state index is 12.3. The Labute approximate surface area is 103 Å². The predicted octanol–water partition coefficient (Wildman–Crippen LogP) is 1.56. The van der Waals surface area contributed by atoms with Crippen LogP contribution in [0.3, 0.4) is 0 Å². The van der Waals surface area contributed by atoms with Gasteiger partial charge < -0.3 is 9.64 Å². The second-order valence-electron chi connectivity index (χ2n) is 5.43. The molecule has 17 heavy (non-hydrogen) atoms. The Morgan fingerprint density at radius 3 is 2.41 bits per heavy atom. The van der Waals surface area contributed by atoms with Crippen molar-refractivity contribution in [2.45, 2.75) is 38.7 Å². The van der Waals surface area contributed by atoms with E-state index in [-0.39, 0.29) is 12.0 Å². The predicted molar refractivity (Wildman–Crippen MR) is 63.1 cm³/mol. The van der Waals surface area contributed by atoms with Gasteiger partial charge in [-0.2, -0.15) is 5.26 Å². The Hall–Kier alpha value is -1.08. The largest absolute Gasteiger partial charge is 0.381 e. The Morgan fingerprint density at radius 2 is 2.00 bits per heavy atom. The molecule has 4 heteroatoms. The summed E-state index contributed by atoms with van der Waals surface area (Å²) in [5.74, 6) is 0.558. The van der Waals surface area contributed by atoms with Gasteiger partial charge >= 0.3 is 0 Å². The zero-order valence-electron chi connectivity index (χ0n) is 10.6. The monoisotopic (exact) mass is 236 g/mol. The van der Waals surface area contributed by atoms with Crippen molar-refractivity contribution >= 4 is 5.91 Å². The molecule has 0 bridgehead atoms. The Morgan fingerprint density at radius 1 is 1.41 bits per heavy atom. The molecule has 1 aliphatic heterocycles. The van der Waals surface area contributed by atoms with Crippen LogP contribution in [0.5, 0.6) is 0 Å². The van der Waals surface area contributed by atoms with Gasteiger partial charge in [0, 0.05) is 20.2 Å². The molecule has 2 rings (SSSR count). The number of hydrogen-bond donors (Lipinski definition) is 0. The average molecular weight is 236 g/mol. The Balaban J connectivity index is 1.95. The number of ether oxygens (including phenoxy) is 1. The molecule has 0 spiro atoms. The summed E-state index contributed by atoms with van der Waals surface area (Å²) in [6.45, 7) is 3.56. The molecule has 0 radical (unpaired) electrons. The van der Waals surface area contributed by atoms with Gasteiger partial charge in [-0.25, -0.2) is 0 Å². The summed E-state index contributed by atoms with van der Waals surface area (Å²) in [7, 11) is 1.71. The number of hydrogen-bond acceptors (Lipinski definition) is 3. The van der Waals surface area contributed by atoms with E-state index < -0.39 is 5.41 Å². The highest BCUT2D eigenvalue weighted by Gasteiger charge is 2.50. The summed E-state index contributed by atoms with van der Waals surface area (Å²) in [5, 5.41) is 9.23. The van der Waals surface area contributed by atoms with Crippen LogP contribution in [0.2, 0.25) is 0 Å². The zero-order chi connectivity index (χ0) is 12.5. The lowest BCUT2D eigenvalue weighted by Gasteiger charge is -2.44. The first-order valence-electron chi connectivity index (χ1n) is 6.35. The maximum absolute atomic E-state index is 12.3. The smallest absolute Gasteiger partial charge is 0.243 e. The van der Waals surface area contributed by atoms with Gasteiger partial charge in [0.25, 0.3) is 0 Å². The van der Waals surface area contributed by atoms with E-state index in [0.717, 1.165) is 38.8 Å². The fraction of sp³-hybridized carbons (Fsp3) is 0.846. The molecule has 2 fully saturated rings. The van der Waals surface area contributed by atoms with E-state index in [9.17, 15) is 10.1 Å². The van der Waals surface area contributed by atoms with E-state index in [1.54, 1.807) is 7.11 Å². The molecule has 1 heterocycles.